The topological polar surface area (TPSA) is 39.2 Å². The van der Waals surface area contributed by atoms with Gasteiger partial charge >= 0.3 is 5.97 Å². The Bertz CT molecular complexity index is 795. The molecular weight excluding hydrogens is 334 g/mol. The molecular formula is C16H11NO2S3. The van der Waals surface area contributed by atoms with E-state index in [4.69, 9.17) is 4.74 Å². The normalized spacial score (nSPS) is 10.2. The van der Waals surface area contributed by atoms with Gasteiger partial charge in [-0.05, 0) is 23.6 Å². The van der Waals surface area contributed by atoms with Crippen molar-refractivity contribution in [1.29, 1.82) is 0 Å². The SMILES string of the molecule is O=C(OCC#CCSc1nc2ccccc2s1)c1cccs1. The summed E-state index contributed by atoms with van der Waals surface area (Å²) in [5.74, 6) is 6.15. The molecule has 3 aromatic rings. The largest absolute Gasteiger partial charge is 0.448 e. The van der Waals surface area contributed by atoms with Gasteiger partial charge in [0.1, 0.15) is 4.88 Å². The Hall–Kier alpha value is -1.81. The maximum Gasteiger partial charge on any atom is 0.349 e. The number of thiazole rings is 1. The highest BCUT2D eigenvalue weighted by molar-refractivity contribution is 8.01. The van der Waals surface area contributed by atoms with Gasteiger partial charge in [-0.15, -0.1) is 22.7 Å². The monoisotopic (exact) mass is 345 g/mol. The number of carbonyl (C=O) groups is 1. The molecule has 0 spiro atoms. The number of benzene rings is 1. The van der Waals surface area contributed by atoms with E-state index in [1.54, 1.807) is 29.2 Å². The smallest absolute Gasteiger partial charge is 0.349 e. The third-order valence-corrected chi connectivity index (χ3v) is 5.58. The van der Waals surface area contributed by atoms with E-state index < -0.39 is 0 Å². The Labute approximate surface area is 140 Å². The molecule has 110 valence electrons. The number of esters is 1. The summed E-state index contributed by atoms with van der Waals surface area (Å²) in [6.45, 7) is 0.122. The molecule has 3 rings (SSSR count). The van der Waals surface area contributed by atoms with Crippen molar-refractivity contribution in [3.8, 4) is 11.8 Å². The third kappa shape index (κ3) is 3.89. The molecule has 0 bridgehead atoms. The molecule has 0 amide bonds. The zero-order chi connectivity index (χ0) is 15.2. The van der Waals surface area contributed by atoms with E-state index in [1.165, 1.54) is 16.0 Å². The van der Waals surface area contributed by atoms with Gasteiger partial charge in [-0.25, -0.2) is 9.78 Å². The quantitative estimate of drug-likeness (QED) is 0.401. The van der Waals surface area contributed by atoms with E-state index in [9.17, 15) is 4.79 Å². The minimum absolute atomic E-state index is 0.122. The van der Waals surface area contributed by atoms with Crippen LogP contribution in [0, 0.1) is 11.8 Å². The van der Waals surface area contributed by atoms with E-state index in [2.05, 4.69) is 22.9 Å². The average molecular weight is 345 g/mol. The van der Waals surface area contributed by atoms with Crippen LogP contribution < -0.4 is 0 Å². The van der Waals surface area contributed by atoms with Crippen molar-refractivity contribution in [3.63, 3.8) is 0 Å². The van der Waals surface area contributed by atoms with Gasteiger partial charge in [0.2, 0.25) is 0 Å². The average Bonchev–Trinajstić information content (AvgIpc) is 3.19. The maximum atomic E-state index is 11.6. The highest BCUT2D eigenvalue weighted by Crippen LogP contribution is 2.28. The Kier molecular flexibility index (Phi) is 5.11. The zero-order valence-electron chi connectivity index (χ0n) is 11.4. The molecule has 0 saturated carbocycles. The van der Waals surface area contributed by atoms with Crippen LogP contribution in [0.4, 0.5) is 0 Å². The van der Waals surface area contributed by atoms with Crippen LogP contribution in [0.5, 0.6) is 0 Å². The Morgan fingerprint density at radius 1 is 1.23 bits per heavy atom. The van der Waals surface area contributed by atoms with Gasteiger partial charge in [-0.1, -0.05) is 41.8 Å². The molecule has 0 aliphatic rings. The number of fused-ring (bicyclic) bond motifs is 1. The molecule has 0 unspecified atom stereocenters. The van der Waals surface area contributed by atoms with Gasteiger partial charge in [-0.3, -0.25) is 0 Å². The lowest BCUT2D eigenvalue weighted by Gasteiger charge is -1.96. The van der Waals surface area contributed by atoms with Crippen molar-refractivity contribution in [1.82, 2.24) is 4.98 Å². The summed E-state index contributed by atoms with van der Waals surface area (Å²) in [6.07, 6.45) is 0. The first-order valence-corrected chi connectivity index (χ1v) is 9.16. The van der Waals surface area contributed by atoms with E-state index in [1.807, 2.05) is 29.6 Å². The van der Waals surface area contributed by atoms with Gasteiger partial charge in [0.05, 0.1) is 16.0 Å². The number of thioether (sulfide) groups is 1. The van der Waals surface area contributed by atoms with Crippen LogP contribution >= 0.6 is 34.4 Å². The Morgan fingerprint density at radius 2 is 2.14 bits per heavy atom. The molecule has 6 heteroatoms. The number of para-hydroxylation sites is 1. The van der Waals surface area contributed by atoms with Crippen molar-refractivity contribution in [2.45, 2.75) is 4.34 Å². The molecule has 0 aliphatic heterocycles. The molecule has 0 saturated heterocycles. The molecule has 22 heavy (non-hydrogen) atoms. The van der Waals surface area contributed by atoms with Crippen LogP contribution in [0.3, 0.4) is 0 Å². The van der Waals surface area contributed by atoms with E-state index in [0.29, 0.717) is 10.6 Å². The number of nitrogens with zero attached hydrogens (tertiary/aromatic N) is 1. The number of hydrogen-bond donors (Lipinski definition) is 0. The minimum atomic E-state index is -0.317. The van der Waals surface area contributed by atoms with E-state index in [0.717, 1.165) is 9.86 Å². The molecule has 0 radical (unpaired) electrons. The van der Waals surface area contributed by atoms with Crippen molar-refractivity contribution >= 4 is 50.6 Å². The van der Waals surface area contributed by atoms with Gasteiger partial charge < -0.3 is 4.74 Å². The zero-order valence-corrected chi connectivity index (χ0v) is 13.9. The summed E-state index contributed by atoms with van der Waals surface area (Å²) in [5, 5.41) is 1.84. The number of thiophene rings is 1. The Morgan fingerprint density at radius 3 is 2.95 bits per heavy atom. The van der Waals surface area contributed by atoms with Gasteiger partial charge in [0.15, 0.2) is 10.9 Å². The van der Waals surface area contributed by atoms with Crippen molar-refractivity contribution in [2.75, 3.05) is 12.4 Å². The summed E-state index contributed by atoms with van der Waals surface area (Å²) in [4.78, 5) is 16.7. The first-order valence-electron chi connectivity index (χ1n) is 6.47. The second kappa shape index (κ2) is 7.45. The number of rotatable bonds is 4. The number of carbonyl (C=O) groups excluding carboxylic acids is 1. The first-order chi connectivity index (χ1) is 10.8. The lowest BCUT2D eigenvalue weighted by molar-refractivity contribution is 0.0562. The van der Waals surface area contributed by atoms with Crippen LogP contribution in [0.1, 0.15) is 9.67 Å². The standard InChI is InChI=1S/C16H11NO2S3/c18-15(14-8-5-11-20-14)19-9-3-4-10-21-16-17-12-6-1-2-7-13(12)22-16/h1-2,5-8,11H,9-10H2. The molecule has 2 aromatic heterocycles. The van der Waals surface area contributed by atoms with Crippen LogP contribution in [-0.4, -0.2) is 23.3 Å². The molecule has 0 N–H and O–H groups in total. The van der Waals surface area contributed by atoms with Crippen molar-refractivity contribution in [2.24, 2.45) is 0 Å². The fourth-order valence-corrected chi connectivity index (χ4v) is 4.14. The first kappa shape index (κ1) is 15.1. The van der Waals surface area contributed by atoms with Crippen molar-refractivity contribution < 1.29 is 9.53 Å². The summed E-state index contributed by atoms with van der Waals surface area (Å²) < 4.78 is 7.25. The summed E-state index contributed by atoms with van der Waals surface area (Å²) in [5.41, 5.74) is 1.02. The van der Waals surface area contributed by atoms with Crippen LogP contribution in [0.2, 0.25) is 0 Å². The van der Waals surface area contributed by atoms with Crippen molar-refractivity contribution in [3.05, 3.63) is 46.7 Å². The molecule has 2 heterocycles. The number of ether oxygens (including phenoxy) is 1. The highest BCUT2D eigenvalue weighted by atomic mass is 32.2. The Balaban J connectivity index is 1.44. The van der Waals surface area contributed by atoms with Gasteiger partial charge in [-0.2, -0.15) is 0 Å². The fraction of sp³-hybridized carbons (Fsp3) is 0.125. The second-order valence-corrected chi connectivity index (χ2v) is 7.34. The highest BCUT2D eigenvalue weighted by Gasteiger charge is 2.06. The summed E-state index contributed by atoms with van der Waals surface area (Å²) in [6, 6.07) is 11.6. The molecule has 1 aromatic carbocycles. The third-order valence-electron chi connectivity index (χ3n) is 2.66. The molecule has 3 nitrogen and oxygen atoms in total. The molecule has 0 aliphatic carbocycles. The minimum Gasteiger partial charge on any atom is -0.448 e. The number of aromatic nitrogens is 1. The lowest BCUT2D eigenvalue weighted by atomic mass is 10.3. The van der Waals surface area contributed by atoms with Crippen LogP contribution in [-0.2, 0) is 4.74 Å². The second-order valence-electron chi connectivity index (χ2n) is 4.14. The fourth-order valence-electron chi connectivity index (χ4n) is 1.68. The van der Waals surface area contributed by atoms with Gasteiger partial charge in [0.25, 0.3) is 0 Å². The van der Waals surface area contributed by atoms with Gasteiger partial charge in [0, 0.05) is 0 Å². The molecule has 0 fully saturated rings. The summed E-state index contributed by atoms with van der Waals surface area (Å²) in [7, 11) is 0. The van der Waals surface area contributed by atoms with E-state index in [-0.39, 0.29) is 12.6 Å². The predicted octanol–water partition coefficient (Wildman–Crippen LogP) is 4.31. The van der Waals surface area contributed by atoms with Crippen LogP contribution in [0.25, 0.3) is 10.2 Å². The van der Waals surface area contributed by atoms with E-state index >= 15 is 0 Å². The number of hydrogen-bond acceptors (Lipinski definition) is 6. The maximum absolute atomic E-state index is 11.6. The lowest BCUT2D eigenvalue weighted by Crippen LogP contribution is -2.02. The summed E-state index contributed by atoms with van der Waals surface area (Å²) >= 11 is 4.63. The molecule has 0 atom stereocenters. The predicted molar refractivity (Wildman–Crippen MR) is 92.7 cm³/mol. The van der Waals surface area contributed by atoms with Crippen LogP contribution in [0.15, 0.2) is 46.1 Å².